The van der Waals surface area contributed by atoms with Crippen LogP contribution in [0, 0.1) is 0 Å². The number of amides is 1. The number of carbonyl (C=O) groups excluding carboxylic acids is 1. The third-order valence-electron chi connectivity index (χ3n) is 2.55. The van der Waals surface area contributed by atoms with Crippen molar-refractivity contribution in [3.8, 4) is 0 Å². The van der Waals surface area contributed by atoms with Crippen LogP contribution in [-0.2, 0) is 6.54 Å². The maximum absolute atomic E-state index is 12.2. The average Bonchev–Trinajstić information content (AvgIpc) is 2.96. The van der Waals surface area contributed by atoms with E-state index in [0.717, 1.165) is 22.3 Å². The van der Waals surface area contributed by atoms with Gasteiger partial charge in [-0.1, -0.05) is 6.92 Å². The van der Waals surface area contributed by atoms with Gasteiger partial charge in [0.05, 0.1) is 17.6 Å². The highest BCUT2D eigenvalue weighted by Gasteiger charge is 2.13. The van der Waals surface area contributed by atoms with Crippen LogP contribution in [0.2, 0.25) is 0 Å². The van der Waals surface area contributed by atoms with Gasteiger partial charge in [0, 0.05) is 28.3 Å². The summed E-state index contributed by atoms with van der Waals surface area (Å²) in [6, 6.07) is 1.77. The van der Waals surface area contributed by atoms with E-state index in [0.29, 0.717) is 17.9 Å². The molecule has 0 bridgehead atoms. The Kier molecular flexibility index (Phi) is 5.49. The number of thiazole rings is 1. The lowest BCUT2D eigenvalue weighted by molar-refractivity contribution is 0.0951. The first-order valence-electron chi connectivity index (χ1n) is 6.25. The molecule has 5 nitrogen and oxygen atoms in total. The molecule has 0 saturated heterocycles. The van der Waals surface area contributed by atoms with Crippen LogP contribution in [0.4, 0.5) is 5.82 Å². The van der Waals surface area contributed by atoms with Gasteiger partial charge in [-0.2, -0.15) is 0 Å². The molecule has 2 N–H and O–H groups in total. The van der Waals surface area contributed by atoms with Crippen LogP contribution in [0.25, 0.3) is 0 Å². The van der Waals surface area contributed by atoms with Crippen molar-refractivity contribution in [2.45, 2.75) is 19.9 Å². The number of hydrogen-bond acceptors (Lipinski definition) is 5. The smallest absolute Gasteiger partial charge is 0.255 e. The Morgan fingerprint density at radius 3 is 3.00 bits per heavy atom. The monoisotopic (exact) mass is 354 g/mol. The fraction of sp³-hybridized carbons (Fsp3) is 0.308. The molecule has 20 heavy (non-hydrogen) atoms. The number of carbonyl (C=O) groups is 1. The van der Waals surface area contributed by atoms with Crippen LogP contribution < -0.4 is 10.6 Å². The normalized spacial score (nSPS) is 10.3. The third kappa shape index (κ3) is 4.01. The van der Waals surface area contributed by atoms with E-state index < -0.39 is 0 Å². The standard InChI is InChI=1S/C13H15BrN4OS/c1-2-3-16-12-11(4-9(14)5-17-12)13(19)18-7-10-6-15-8-20-10/h4-6,8H,2-3,7H2,1H3,(H,16,17)(H,18,19). The fourth-order valence-corrected chi connectivity index (χ4v) is 2.45. The molecule has 106 valence electrons. The SMILES string of the molecule is CCCNc1ncc(Br)cc1C(=O)NCc1cncs1. The number of aromatic nitrogens is 2. The minimum Gasteiger partial charge on any atom is -0.369 e. The quantitative estimate of drug-likeness (QED) is 0.836. The first kappa shape index (κ1) is 14.9. The number of anilines is 1. The van der Waals surface area contributed by atoms with Gasteiger partial charge in [0.25, 0.3) is 5.91 Å². The van der Waals surface area contributed by atoms with Crippen molar-refractivity contribution in [3.63, 3.8) is 0 Å². The second kappa shape index (κ2) is 7.35. The molecule has 0 aliphatic heterocycles. The van der Waals surface area contributed by atoms with E-state index in [4.69, 9.17) is 0 Å². The van der Waals surface area contributed by atoms with Gasteiger partial charge in [-0.25, -0.2) is 4.98 Å². The van der Waals surface area contributed by atoms with Crippen molar-refractivity contribution in [1.82, 2.24) is 15.3 Å². The van der Waals surface area contributed by atoms with Gasteiger partial charge in [-0.3, -0.25) is 9.78 Å². The van der Waals surface area contributed by atoms with E-state index in [1.807, 2.05) is 0 Å². The summed E-state index contributed by atoms with van der Waals surface area (Å²) in [5.74, 6) is 0.461. The Morgan fingerprint density at radius 2 is 2.30 bits per heavy atom. The van der Waals surface area contributed by atoms with Crippen LogP contribution in [0.5, 0.6) is 0 Å². The highest BCUT2D eigenvalue weighted by molar-refractivity contribution is 9.10. The first-order valence-corrected chi connectivity index (χ1v) is 7.93. The predicted octanol–water partition coefficient (Wildman–Crippen LogP) is 3.05. The third-order valence-corrected chi connectivity index (χ3v) is 3.76. The van der Waals surface area contributed by atoms with Gasteiger partial charge >= 0.3 is 0 Å². The van der Waals surface area contributed by atoms with Gasteiger partial charge in [0.1, 0.15) is 5.82 Å². The van der Waals surface area contributed by atoms with E-state index in [2.05, 4.69) is 43.5 Å². The highest BCUT2D eigenvalue weighted by atomic mass is 79.9. The summed E-state index contributed by atoms with van der Waals surface area (Å²) in [5.41, 5.74) is 2.29. The minimum atomic E-state index is -0.147. The van der Waals surface area contributed by atoms with Crippen LogP contribution in [0.1, 0.15) is 28.6 Å². The zero-order valence-corrected chi connectivity index (χ0v) is 13.4. The van der Waals surface area contributed by atoms with E-state index in [1.165, 1.54) is 11.3 Å². The molecule has 0 aliphatic rings. The topological polar surface area (TPSA) is 66.9 Å². The lowest BCUT2D eigenvalue weighted by Gasteiger charge is -2.10. The van der Waals surface area contributed by atoms with Gasteiger partial charge in [-0.05, 0) is 28.4 Å². The maximum atomic E-state index is 12.2. The molecule has 2 aromatic heterocycles. The van der Waals surface area contributed by atoms with Crippen LogP contribution in [0.15, 0.2) is 28.4 Å². The predicted molar refractivity (Wildman–Crippen MR) is 84.0 cm³/mol. The number of halogens is 1. The second-order valence-electron chi connectivity index (χ2n) is 4.13. The van der Waals surface area contributed by atoms with Crippen molar-refractivity contribution in [2.24, 2.45) is 0 Å². The molecule has 0 aromatic carbocycles. The van der Waals surface area contributed by atoms with Crippen molar-refractivity contribution < 1.29 is 4.79 Å². The number of hydrogen-bond donors (Lipinski definition) is 2. The molecule has 2 aromatic rings. The van der Waals surface area contributed by atoms with E-state index >= 15 is 0 Å². The second-order valence-corrected chi connectivity index (χ2v) is 6.01. The molecule has 1 amide bonds. The lowest BCUT2D eigenvalue weighted by atomic mass is 10.2. The molecule has 2 rings (SSSR count). The van der Waals surface area contributed by atoms with Gasteiger partial charge in [0.15, 0.2) is 0 Å². The van der Waals surface area contributed by atoms with Crippen molar-refractivity contribution >= 4 is 39.0 Å². The number of nitrogens with one attached hydrogen (secondary N) is 2. The lowest BCUT2D eigenvalue weighted by Crippen LogP contribution is -2.24. The Labute approximate surface area is 130 Å². The summed E-state index contributed by atoms with van der Waals surface area (Å²) >= 11 is 4.86. The van der Waals surface area contributed by atoms with Crippen molar-refractivity contribution in [2.75, 3.05) is 11.9 Å². The van der Waals surface area contributed by atoms with E-state index in [9.17, 15) is 4.79 Å². The summed E-state index contributed by atoms with van der Waals surface area (Å²) in [7, 11) is 0. The van der Waals surface area contributed by atoms with E-state index in [1.54, 1.807) is 24.0 Å². The summed E-state index contributed by atoms with van der Waals surface area (Å²) in [5, 5.41) is 6.04. The largest absolute Gasteiger partial charge is 0.369 e. The highest BCUT2D eigenvalue weighted by Crippen LogP contribution is 2.18. The Hall–Kier alpha value is -1.47. The first-order chi connectivity index (χ1) is 9.70. The Bertz CT molecular complexity index is 574. The summed E-state index contributed by atoms with van der Waals surface area (Å²) in [6.07, 6.45) is 4.40. The molecular formula is C13H15BrN4OS. The molecule has 0 saturated carbocycles. The molecule has 0 aliphatic carbocycles. The zero-order valence-electron chi connectivity index (χ0n) is 11.0. The van der Waals surface area contributed by atoms with Gasteiger partial charge < -0.3 is 10.6 Å². The molecule has 7 heteroatoms. The van der Waals surface area contributed by atoms with Gasteiger partial charge in [-0.15, -0.1) is 11.3 Å². The summed E-state index contributed by atoms with van der Waals surface area (Å²) in [6.45, 7) is 3.32. The van der Waals surface area contributed by atoms with Crippen LogP contribution in [0.3, 0.4) is 0 Å². The van der Waals surface area contributed by atoms with Crippen LogP contribution in [-0.4, -0.2) is 22.4 Å². The van der Waals surface area contributed by atoms with Crippen molar-refractivity contribution in [3.05, 3.63) is 38.9 Å². The van der Waals surface area contributed by atoms with Crippen LogP contribution >= 0.6 is 27.3 Å². The number of nitrogens with zero attached hydrogens (tertiary/aromatic N) is 2. The minimum absolute atomic E-state index is 0.147. The summed E-state index contributed by atoms with van der Waals surface area (Å²) in [4.78, 5) is 21.5. The molecule has 2 heterocycles. The molecular weight excluding hydrogens is 340 g/mol. The van der Waals surface area contributed by atoms with Gasteiger partial charge in [0.2, 0.25) is 0 Å². The average molecular weight is 355 g/mol. The Balaban J connectivity index is 2.08. The zero-order chi connectivity index (χ0) is 14.4. The summed E-state index contributed by atoms with van der Waals surface area (Å²) < 4.78 is 0.780. The maximum Gasteiger partial charge on any atom is 0.255 e. The Morgan fingerprint density at radius 1 is 1.45 bits per heavy atom. The number of rotatable bonds is 6. The molecule has 0 atom stereocenters. The number of pyridine rings is 1. The molecule has 0 spiro atoms. The molecule has 0 unspecified atom stereocenters. The van der Waals surface area contributed by atoms with Crippen molar-refractivity contribution in [1.29, 1.82) is 0 Å². The molecule has 0 fully saturated rings. The molecule has 0 radical (unpaired) electrons. The fourth-order valence-electron chi connectivity index (χ4n) is 1.59. The van der Waals surface area contributed by atoms with E-state index in [-0.39, 0.29) is 5.91 Å².